The molecule has 0 unspecified atom stereocenters. The summed E-state index contributed by atoms with van der Waals surface area (Å²) in [6.07, 6.45) is 8.66. The summed E-state index contributed by atoms with van der Waals surface area (Å²) >= 11 is 0. The highest BCUT2D eigenvalue weighted by molar-refractivity contribution is 5.64. The van der Waals surface area contributed by atoms with Gasteiger partial charge in [0.2, 0.25) is 0 Å². The van der Waals surface area contributed by atoms with Crippen LogP contribution in [0, 0.1) is 12.8 Å². The van der Waals surface area contributed by atoms with Crippen LogP contribution in [-0.2, 0) is 0 Å². The molecule has 0 bridgehead atoms. The third-order valence-electron chi connectivity index (χ3n) is 5.11. The van der Waals surface area contributed by atoms with Crippen molar-refractivity contribution in [2.24, 2.45) is 5.92 Å². The molecule has 0 nitrogen and oxygen atoms in total. The van der Waals surface area contributed by atoms with E-state index < -0.39 is 0 Å². The average Bonchev–Trinajstić information content (AvgIpc) is 2.57. The molecule has 0 aliphatic heterocycles. The predicted octanol–water partition coefficient (Wildman–Crippen LogP) is 7.15. The Morgan fingerprint density at radius 3 is 1.91 bits per heavy atom. The average molecular weight is 306 g/mol. The molecule has 0 heteroatoms. The van der Waals surface area contributed by atoms with E-state index in [1.54, 1.807) is 0 Å². The van der Waals surface area contributed by atoms with Crippen molar-refractivity contribution in [3.8, 4) is 11.1 Å². The van der Waals surface area contributed by atoms with Crippen molar-refractivity contribution in [2.45, 2.75) is 52.4 Å². The van der Waals surface area contributed by atoms with Gasteiger partial charge in [0.1, 0.15) is 0 Å². The maximum atomic E-state index is 3.88. The first kappa shape index (κ1) is 17.5. The fourth-order valence-corrected chi connectivity index (χ4v) is 3.66. The Morgan fingerprint density at radius 1 is 0.870 bits per heavy atom. The van der Waals surface area contributed by atoms with Crippen LogP contribution in [0.15, 0.2) is 61.2 Å². The monoisotopic (exact) mass is 306 g/mol. The summed E-state index contributed by atoms with van der Waals surface area (Å²) in [5.41, 5.74) is 5.47. The lowest BCUT2D eigenvalue weighted by atomic mass is 9.77. The van der Waals surface area contributed by atoms with Gasteiger partial charge < -0.3 is 0 Å². The maximum absolute atomic E-state index is 3.88. The largest absolute Gasteiger partial charge is 0.103 e. The topological polar surface area (TPSA) is 0 Å². The molecule has 1 fully saturated rings. The summed E-state index contributed by atoms with van der Waals surface area (Å²) in [4.78, 5) is 0. The zero-order valence-corrected chi connectivity index (χ0v) is 13.6. The van der Waals surface area contributed by atoms with Crippen LogP contribution in [0.3, 0.4) is 0 Å². The molecule has 0 atom stereocenters. The van der Waals surface area contributed by atoms with Crippen molar-refractivity contribution in [3.63, 3.8) is 0 Å². The molecular weight excluding hydrogens is 276 g/mol. The zero-order chi connectivity index (χ0) is 15.4. The molecule has 1 aliphatic rings. The lowest BCUT2D eigenvalue weighted by Crippen LogP contribution is -2.12. The highest BCUT2D eigenvalue weighted by atomic mass is 14.3. The van der Waals surface area contributed by atoms with Crippen LogP contribution >= 0.6 is 0 Å². The third-order valence-corrected chi connectivity index (χ3v) is 5.11. The van der Waals surface area contributed by atoms with Gasteiger partial charge in [-0.3, -0.25) is 0 Å². The van der Waals surface area contributed by atoms with Crippen LogP contribution in [0.4, 0.5) is 0 Å². The quantitative estimate of drug-likeness (QED) is 0.526. The van der Waals surface area contributed by atoms with E-state index in [4.69, 9.17) is 0 Å². The second-order valence-corrected chi connectivity index (χ2v) is 6.73. The van der Waals surface area contributed by atoms with Gasteiger partial charge in [0.15, 0.2) is 0 Å². The summed E-state index contributed by atoms with van der Waals surface area (Å²) in [5.74, 6) is 1.63. The normalized spacial score (nSPS) is 20.6. The first-order valence-electron chi connectivity index (χ1n) is 8.54. The van der Waals surface area contributed by atoms with Gasteiger partial charge in [0.05, 0.1) is 0 Å². The summed E-state index contributed by atoms with van der Waals surface area (Å²) in [6.45, 7) is 6.01. The van der Waals surface area contributed by atoms with Crippen LogP contribution in [0.2, 0.25) is 0 Å². The minimum atomic E-state index is 0. The van der Waals surface area contributed by atoms with E-state index in [0.29, 0.717) is 0 Å². The summed E-state index contributed by atoms with van der Waals surface area (Å²) in [6, 6.07) is 18.1. The van der Waals surface area contributed by atoms with Crippen LogP contribution in [0.25, 0.3) is 11.1 Å². The third kappa shape index (κ3) is 4.34. The minimum Gasteiger partial charge on any atom is -0.103 e. The van der Waals surface area contributed by atoms with E-state index in [1.807, 2.05) is 0 Å². The van der Waals surface area contributed by atoms with Crippen LogP contribution in [0.1, 0.15) is 56.6 Å². The van der Waals surface area contributed by atoms with E-state index in [1.165, 1.54) is 54.4 Å². The van der Waals surface area contributed by atoms with Gasteiger partial charge in [-0.15, -0.1) is 6.58 Å². The van der Waals surface area contributed by atoms with Crippen molar-refractivity contribution in [1.29, 1.82) is 0 Å². The van der Waals surface area contributed by atoms with E-state index >= 15 is 0 Å². The van der Waals surface area contributed by atoms with Crippen LogP contribution in [0.5, 0.6) is 0 Å². The van der Waals surface area contributed by atoms with Gasteiger partial charge in [0.25, 0.3) is 0 Å². The first-order chi connectivity index (χ1) is 10.8. The van der Waals surface area contributed by atoms with Gasteiger partial charge in [0, 0.05) is 0 Å². The lowest BCUT2D eigenvalue weighted by molar-refractivity contribution is 0.328. The Kier molecular flexibility index (Phi) is 6.21. The Balaban J connectivity index is 0.00000192. The zero-order valence-electron chi connectivity index (χ0n) is 13.6. The molecule has 2 aromatic rings. The number of allylic oxidation sites excluding steroid dienone is 1. The summed E-state index contributed by atoms with van der Waals surface area (Å²) in [7, 11) is 0. The van der Waals surface area contributed by atoms with E-state index in [0.717, 1.165) is 11.8 Å². The van der Waals surface area contributed by atoms with Gasteiger partial charge >= 0.3 is 0 Å². The second-order valence-electron chi connectivity index (χ2n) is 6.73. The van der Waals surface area contributed by atoms with E-state index in [-0.39, 0.29) is 7.43 Å². The molecule has 0 N–H and O–H groups in total. The van der Waals surface area contributed by atoms with Crippen molar-refractivity contribution >= 4 is 0 Å². The Morgan fingerprint density at radius 2 is 1.39 bits per heavy atom. The fourth-order valence-electron chi connectivity index (χ4n) is 3.66. The molecule has 2 aromatic carbocycles. The number of aryl methyl sites for hydroxylation is 1. The molecular formula is C23H30. The van der Waals surface area contributed by atoms with Crippen LogP contribution in [-0.4, -0.2) is 0 Å². The SMILES string of the molecule is C.C=CCC1CCC(c2ccc(-c3ccc(C)cc3)cc2)CC1. The lowest BCUT2D eigenvalue weighted by Gasteiger charge is -2.28. The molecule has 1 aliphatic carbocycles. The molecule has 0 spiro atoms. The van der Waals surface area contributed by atoms with Crippen molar-refractivity contribution in [1.82, 2.24) is 0 Å². The van der Waals surface area contributed by atoms with Gasteiger partial charge in [-0.05, 0) is 67.6 Å². The Hall–Kier alpha value is -1.82. The standard InChI is InChI=1S/C22H26.CH4/c1-3-4-18-7-11-20(12-8-18)22-15-13-21(14-16-22)19-9-5-17(2)6-10-19;/h3,5-6,9-10,13-16,18,20H,1,4,7-8,11-12H2,2H3;1H4. The Bertz CT molecular complexity index is 595. The molecule has 122 valence electrons. The Labute approximate surface area is 142 Å². The predicted molar refractivity (Wildman–Crippen MR) is 103 cm³/mol. The molecule has 1 saturated carbocycles. The van der Waals surface area contributed by atoms with E-state index in [2.05, 4.69) is 68.1 Å². The minimum absolute atomic E-state index is 0. The number of hydrogen-bond acceptors (Lipinski definition) is 0. The molecule has 3 rings (SSSR count). The number of benzene rings is 2. The molecule has 0 saturated heterocycles. The molecule has 0 aromatic heterocycles. The molecule has 0 radical (unpaired) electrons. The van der Waals surface area contributed by atoms with Gasteiger partial charge in [-0.25, -0.2) is 0 Å². The van der Waals surface area contributed by atoms with Crippen molar-refractivity contribution in [3.05, 3.63) is 72.3 Å². The van der Waals surface area contributed by atoms with Gasteiger partial charge in [-0.1, -0.05) is 67.6 Å². The van der Waals surface area contributed by atoms with E-state index in [9.17, 15) is 0 Å². The highest BCUT2D eigenvalue weighted by Gasteiger charge is 2.21. The van der Waals surface area contributed by atoms with Crippen molar-refractivity contribution in [2.75, 3.05) is 0 Å². The molecule has 0 amide bonds. The van der Waals surface area contributed by atoms with Crippen molar-refractivity contribution < 1.29 is 0 Å². The van der Waals surface area contributed by atoms with Gasteiger partial charge in [-0.2, -0.15) is 0 Å². The maximum Gasteiger partial charge on any atom is -0.0162 e. The van der Waals surface area contributed by atoms with Crippen LogP contribution < -0.4 is 0 Å². The first-order valence-corrected chi connectivity index (χ1v) is 8.54. The number of hydrogen-bond donors (Lipinski definition) is 0. The number of rotatable bonds is 4. The fraction of sp³-hybridized carbons (Fsp3) is 0.391. The summed E-state index contributed by atoms with van der Waals surface area (Å²) < 4.78 is 0. The highest BCUT2D eigenvalue weighted by Crippen LogP contribution is 2.37. The second kappa shape index (κ2) is 8.15. The molecule has 0 heterocycles. The molecule has 23 heavy (non-hydrogen) atoms. The summed E-state index contributed by atoms with van der Waals surface area (Å²) in [5, 5.41) is 0. The smallest absolute Gasteiger partial charge is 0.0162 e.